The van der Waals surface area contributed by atoms with Gasteiger partial charge in [0.15, 0.2) is 0 Å². The van der Waals surface area contributed by atoms with Gasteiger partial charge in [-0.25, -0.2) is 0 Å². The van der Waals surface area contributed by atoms with Crippen LogP contribution in [-0.4, -0.2) is 11.3 Å². The highest BCUT2D eigenvalue weighted by molar-refractivity contribution is 6.64. The van der Waals surface area contributed by atoms with Gasteiger partial charge in [-0.1, -0.05) is 30.3 Å². The molecule has 80 valence electrons. The van der Waals surface area contributed by atoms with Gasteiger partial charge in [0.25, 0.3) is 0 Å². The summed E-state index contributed by atoms with van der Waals surface area (Å²) in [5.41, 5.74) is 1.16. The molecule has 3 heteroatoms. The van der Waals surface area contributed by atoms with Crippen LogP contribution < -0.4 is 0 Å². The molecule has 0 heterocycles. The lowest BCUT2D eigenvalue weighted by Crippen LogP contribution is -2.34. The molecule has 0 saturated heterocycles. The van der Waals surface area contributed by atoms with Crippen molar-refractivity contribution < 1.29 is 9.53 Å². The number of benzene rings is 1. The molecule has 0 aliphatic heterocycles. The van der Waals surface area contributed by atoms with Crippen LogP contribution >= 0.6 is 11.6 Å². The first kappa shape index (κ1) is 10.7. The minimum Gasteiger partial charge on any atom is -0.373 e. The van der Waals surface area contributed by atoms with E-state index in [4.69, 9.17) is 16.3 Å². The molecular formula is C12H13ClO2. The van der Waals surface area contributed by atoms with Gasteiger partial charge in [-0.3, -0.25) is 4.79 Å². The minimum atomic E-state index is -0.227. The second-order valence-corrected chi connectivity index (χ2v) is 4.26. The Labute approximate surface area is 94.2 Å². The SMILES string of the molecule is O=C(Cl)[C@H]1C[C@H](OCc2ccccc2)C1. The molecule has 0 amide bonds. The van der Waals surface area contributed by atoms with E-state index in [0.29, 0.717) is 6.61 Å². The maximum Gasteiger partial charge on any atom is 0.224 e. The zero-order valence-electron chi connectivity index (χ0n) is 8.36. The molecule has 1 aromatic carbocycles. The Morgan fingerprint density at radius 3 is 2.60 bits per heavy atom. The number of hydrogen-bond donors (Lipinski definition) is 0. The molecule has 1 fully saturated rings. The lowest BCUT2D eigenvalue weighted by Gasteiger charge is -2.32. The Morgan fingerprint density at radius 2 is 2.00 bits per heavy atom. The Morgan fingerprint density at radius 1 is 1.33 bits per heavy atom. The van der Waals surface area contributed by atoms with Crippen LogP contribution in [0.15, 0.2) is 30.3 Å². The zero-order valence-corrected chi connectivity index (χ0v) is 9.11. The average Bonchev–Trinajstić information content (AvgIpc) is 2.16. The van der Waals surface area contributed by atoms with E-state index in [1.54, 1.807) is 0 Å². The topological polar surface area (TPSA) is 26.3 Å². The predicted octanol–water partition coefficient (Wildman–Crippen LogP) is 2.75. The number of ether oxygens (including phenoxy) is 1. The van der Waals surface area contributed by atoms with Gasteiger partial charge in [-0.15, -0.1) is 0 Å². The normalized spacial score (nSPS) is 24.6. The van der Waals surface area contributed by atoms with Crippen molar-refractivity contribution >= 4 is 16.8 Å². The fourth-order valence-corrected chi connectivity index (χ4v) is 1.85. The van der Waals surface area contributed by atoms with Gasteiger partial charge in [0.1, 0.15) is 0 Å². The number of halogens is 1. The molecular weight excluding hydrogens is 212 g/mol. The first-order chi connectivity index (χ1) is 7.25. The van der Waals surface area contributed by atoms with E-state index >= 15 is 0 Å². The Bertz CT molecular complexity index is 331. The van der Waals surface area contributed by atoms with Gasteiger partial charge in [0.2, 0.25) is 5.24 Å². The summed E-state index contributed by atoms with van der Waals surface area (Å²) in [6.07, 6.45) is 1.75. The maximum atomic E-state index is 10.8. The first-order valence-corrected chi connectivity index (χ1v) is 5.48. The maximum absolute atomic E-state index is 10.8. The highest BCUT2D eigenvalue weighted by atomic mass is 35.5. The highest BCUT2D eigenvalue weighted by Gasteiger charge is 2.34. The molecule has 0 atom stereocenters. The van der Waals surface area contributed by atoms with E-state index < -0.39 is 0 Å². The highest BCUT2D eigenvalue weighted by Crippen LogP contribution is 2.32. The van der Waals surface area contributed by atoms with Crippen LogP contribution in [0.2, 0.25) is 0 Å². The molecule has 1 aromatic rings. The quantitative estimate of drug-likeness (QED) is 0.736. The molecule has 1 aliphatic carbocycles. The molecule has 1 aliphatic rings. The standard InChI is InChI=1S/C12H13ClO2/c13-12(14)10-6-11(7-10)15-8-9-4-2-1-3-5-9/h1-5,10-11H,6-8H2/t10-,11-. The van der Waals surface area contributed by atoms with Gasteiger partial charge in [-0.05, 0) is 30.0 Å². The zero-order chi connectivity index (χ0) is 10.7. The van der Waals surface area contributed by atoms with Crippen molar-refractivity contribution in [3.63, 3.8) is 0 Å². The molecule has 0 bridgehead atoms. The van der Waals surface area contributed by atoms with Gasteiger partial charge in [0.05, 0.1) is 12.7 Å². The van der Waals surface area contributed by atoms with Crippen LogP contribution in [-0.2, 0) is 16.1 Å². The summed E-state index contributed by atoms with van der Waals surface area (Å²) in [5.74, 6) is 0.0208. The third-order valence-electron chi connectivity index (χ3n) is 2.74. The van der Waals surface area contributed by atoms with Crippen molar-refractivity contribution in [3.8, 4) is 0 Å². The Kier molecular flexibility index (Phi) is 3.39. The Hall–Kier alpha value is -0.860. The number of hydrogen-bond acceptors (Lipinski definition) is 2. The summed E-state index contributed by atoms with van der Waals surface area (Å²) in [5, 5.41) is -0.227. The third-order valence-corrected chi connectivity index (χ3v) is 3.05. The van der Waals surface area contributed by atoms with Crippen molar-refractivity contribution in [1.29, 1.82) is 0 Å². The second-order valence-electron chi connectivity index (χ2n) is 3.89. The Balaban J connectivity index is 1.71. The van der Waals surface area contributed by atoms with Crippen LogP contribution in [0.25, 0.3) is 0 Å². The van der Waals surface area contributed by atoms with Gasteiger partial charge in [0, 0.05) is 5.92 Å². The molecule has 1 saturated carbocycles. The van der Waals surface area contributed by atoms with Crippen molar-refractivity contribution in [3.05, 3.63) is 35.9 Å². The summed E-state index contributed by atoms with van der Waals surface area (Å²) in [4.78, 5) is 10.8. The van der Waals surface area contributed by atoms with Crippen LogP contribution in [0.1, 0.15) is 18.4 Å². The smallest absolute Gasteiger partial charge is 0.224 e. The molecule has 0 unspecified atom stereocenters. The summed E-state index contributed by atoms with van der Waals surface area (Å²) in [6, 6.07) is 10.0. The lowest BCUT2D eigenvalue weighted by atomic mass is 9.83. The van der Waals surface area contributed by atoms with Crippen molar-refractivity contribution in [1.82, 2.24) is 0 Å². The molecule has 0 N–H and O–H groups in total. The molecule has 0 spiro atoms. The number of carbonyl (C=O) groups excluding carboxylic acids is 1. The van der Waals surface area contributed by atoms with Crippen LogP contribution in [0.4, 0.5) is 0 Å². The molecule has 0 radical (unpaired) electrons. The van der Waals surface area contributed by atoms with Gasteiger partial charge >= 0.3 is 0 Å². The lowest BCUT2D eigenvalue weighted by molar-refractivity contribution is -0.124. The predicted molar refractivity (Wildman–Crippen MR) is 58.6 cm³/mol. The molecule has 2 nitrogen and oxygen atoms in total. The molecule has 15 heavy (non-hydrogen) atoms. The summed E-state index contributed by atoms with van der Waals surface area (Å²) < 4.78 is 5.63. The summed E-state index contributed by atoms with van der Waals surface area (Å²) >= 11 is 5.37. The van der Waals surface area contributed by atoms with Crippen LogP contribution in [0.5, 0.6) is 0 Å². The van der Waals surface area contributed by atoms with E-state index in [0.717, 1.165) is 18.4 Å². The average molecular weight is 225 g/mol. The second kappa shape index (κ2) is 4.77. The van der Waals surface area contributed by atoms with Crippen molar-refractivity contribution in [2.75, 3.05) is 0 Å². The number of rotatable bonds is 4. The van der Waals surface area contributed by atoms with Gasteiger partial charge in [-0.2, -0.15) is 0 Å². The molecule has 2 rings (SSSR count). The first-order valence-electron chi connectivity index (χ1n) is 5.10. The summed E-state index contributed by atoms with van der Waals surface area (Å²) in [6.45, 7) is 0.620. The summed E-state index contributed by atoms with van der Waals surface area (Å²) in [7, 11) is 0. The number of carbonyl (C=O) groups is 1. The largest absolute Gasteiger partial charge is 0.373 e. The van der Waals surface area contributed by atoms with Gasteiger partial charge < -0.3 is 4.74 Å². The van der Waals surface area contributed by atoms with E-state index in [2.05, 4.69) is 0 Å². The van der Waals surface area contributed by atoms with E-state index in [9.17, 15) is 4.79 Å². The van der Waals surface area contributed by atoms with Crippen molar-refractivity contribution in [2.24, 2.45) is 5.92 Å². The third kappa shape index (κ3) is 2.80. The van der Waals surface area contributed by atoms with Crippen LogP contribution in [0.3, 0.4) is 0 Å². The fraction of sp³-hybridized carbons (Fsp3) is 0.417. The van der Waals surface area contributed by atoms with Crippen LogP contribution in [0, 0.1) is 5.92 Å². The van der Waals surface area contributed by atoms with E-state index in [-0.39, 0.29) is 17.3 Å². The van der Waals surface area contributed by atoms with Crippen molar-refractivity contribution in [2.45, 2.75) is 25.6 Å². The van der Waals surface area contributed by atoms with E-state index in [1.165, 1.54) is 0 Å². The molecule has 0 aromatic heterocycles. The van der Waals surface area contributed by atoms with E-state index in [1.807, 2.05) is 30.3 Å². The minimum absolute atomic E-state index is 0.0208. The fourth-order valence-electron chi connectivity index (χ4n) is 1.68. The monoisotopic (exact) mass is 224 g/mol.